The van der Waals surface area contributed by atoms with Crippen molar-refractivity contribution < 1.29 is 14.3 Å². The lowest BCUT2D eigenvalue weighted by Gasteiger charge is -2.26. The van der Waals surface area contributed by atoms with Crippen LogP contribution in [0.5, 0.6) is 0 Å². The summed E-state index contributed by atoms with van der Waals surface area (Å²) < 4.78 is 5.54. The normalized spacial score (nSPS) is 25.6. The molecular formula is C14H23NO3S. The molecule has 1 aliphatic carbocycles. The number of ether oxygens (including phenoxy) is 1. The summed E-state index contributed by atoms with van der Waals surface area (Å²) in [5.74, 6) is 0.202. The molecule has 2 aliphatic rings. The number of carbonyl (C=O) groups is 2. The average molecular weight is 285 g/mol. The Kier molecular flexibility index (Phi) is 5.13. The van der Waals surface area contributed by atoms with E-state index in [1.165, 1.54) is 0 Å². The molecule has 1 aliphatic heterocycles. The number of thiol groups is 1. The van der Waals surface area contributed by atoms with Crippen LogP contribution >= 0.6 is 12.6 Å². The summed E-state index contributed by atoms with van der Waals surface area (Å²) >= 11 is 4.16. The summed E-state index contributed by atoms with van der Waals surface area (Å²) in [5, 5.41) is 0. The van der Waals surface area contributed by atoms with Crippen molar-refractivity contribution in [2.75, 3.05) is 12.3 Å². The zero-order valence-corrected chi connectivity index (χ0v) is 12.4. The van der Waals surface area contributed by atoms with Crippen LogP contribution in [0.3, 0.4) is 0 Å². The lowest BCUT2D eigenvalue weighted by molar-refractivity contribution is -0.158. The van der Waals surface area contributed by atoms with E-state index in [-0.39, 0.29) is 29.9 Å². The Labute approximate surface area is 120 Å². The van der Waals surface area contributed by atoms with Gasteiger partial charge in [-0.2, -0.15) is 12.6 Å². The van der Waals surface area contributed by atoms with E-state index >= 15 is 0 Å². The van der Waals surface area contributed by atoms with Crippen molar-refractivity contribution in [1.29, 1.82) is 0 Å². The van der Waals surface area contributed by atoms with Crippen LogP contribution < -0.4 is 0 Å². The Morgan fingerprint density at radius 3 is 2.58 bits per heavy atom. The number of amides is 1. The van der Waals surface area contributed by atoms with Crippen molar-refractivity contribution in [2.45, 2.75) is 57.6 Å². The molecule has 1 heterocycles. The summed E-state index contributed by atoms with van der Waals surface area (Å²) in [7, 11) is 0. The largest absolute Gasteiger partial charge is 0.461 e. The number of esters is 1. The van der Waals surface area contributed by atoms with Crippen molar-refractivity contribution in [3.63, 3.8) is 0 Å². The highest BCUT2D eigenvalue weighted by molar-refractivity contribution is 7.80. The minimum Gasteiger partial charge on any atom is -0.461 e. The van der Waals surface area contributed by atoms with Gasteiger partial charge < -0.3 is 9.64 Å². The summed E-state index contributed by atoms with van der Waals surface area (Å²) in [6.07, 6.45) is 5.92. The van der Waals surface area contributed by atoms with Crippen LogP contribution in [0.2, 0.25) is 0 Å². The van der Waals surface area contributed by atoms with Gasteiger partial charge in [-0.15, -0.1) is 0 Å². The molecule has 1 saturated carbocycles. The molecule has 2 fully saturated rings. The zero-order valence-electron chi connectivity index (χ0n) is 11.5. The molecular weight excluding hydrogens is 262 g/mol. The number of carbonyl (C=O) groups excluding carboxylic acids is 2. The maximum Gasteiger partial charge on any atom is 0.329 e. The van der Waals surface area contributed by atoms with E-state index in [0.29, 0.717) is 12.3 Å². The van der Waals surface area contributed by atoms with Gasteiger partial charge in [0.05, 0.1) is 0 Å². The van der Waals surface area contributed by atoms with Gasteiger partial charge in [-0.1, -0.05) is 6.92 Å². The lowest BCUT2D eigenvalue weighted by atomic mass is 10.1. The first-order valence-electron chi connectivity index (χ1n) is 7.25. The van der Waals surface area contributed by atoms with Gasteiger partial charge in [0.25, 0.3) is 0 Å². The Morgan fingerprint density at radius 1 is 1.26 bits per heavy atom. The Balaban J connectivity index is 1.93. The van der Waals surface area contributed by atoms with E-state index in [1.807, 2.05) is 6.92 Å². The third kappa shape index (κ3) is 3.44. The first kappa shape index (κ1) is 14.7. The van der Waals surface area contributed by atoms with Gasteiger partial charge in [0.15, 0.2) is 0 Å². The molecule has 0 spiro atoms. The van der Waals surface area contributed by atoms with Gasteiger partial charge in [-0.25, -0.2) is 4.79 Å². The van der Waals surface area contributed by atoms with E-state index in [0.717, 1.165) is 38.5 Å². The van der Waals surface area contributed by atoms with Crippen LogP contribution in [-0.2, 0) is 14.3 Å². The predicted molar refractivity (Wildman–Crippen MR) is 76.1 cm³/mol. The van der Waals surface area contributed by atoms with Crippen molar-refractivity contribution in [3.05, 3.63) is 0 Å². The molecule has 19 heavy (non-hydrogen) atoms. The molecule has 1 amide bonds. The minimum atomic E-state index is -0.365. The fraction of sp³-hybridized carbons (Fsp3) is 0.857. The highest BCUT2D eigenvalue weighted by Crippen LogP contribution is 2.25. The van der Waals surface area contributed by atoms with Crippen molar-refractivity contribution in [2.24, 2.45) is 5.92 Å². The second kappa shape index (κ2) is 6.64. The predicted octanol–water partition coefficient (Wildman–Crippen LogP) is 2.03. The van der Waals surface area contributed by atoms with Crippen LogP contribution in [0.25, 0.3) is 0 Å². The van der Waals surface area contributed by atoms with Gasteiger partial charge in [-0.05, 0) is 38.5 Å². The smallest absolute Gasteiger partial charge is 0.329 e. The first-order valence-corrected chi connectivity index (χ1v) is 7.88. The molecule has 0 unspecified atom stereocenters. The van der Waals surface area contributed by atoms with E-state index in [9.17, 15) is 9.59 Å². The number of hydrogen-bond donors (Lipinski definition) is 1. The molecule has 0 bridgehead atoms. The quantitative estimate of drug-likeness (QED) is 0.635. The summed E-state index contributed by atoms with van der Waals surface area (Å²) in [6.45, 7) is 2.52. The Bertz CT molecular complexity index is 342. The first-order chi connectivity index (χ1) is 9.13. The molecule has 0 aromatic rings. The molecule has 5 heteroatoms. The van der Waals surface area contributed by atoms with Crippen molar-refractivity contribution in [1.82, 2.24) is 4.90 Å². The van der Waals surface area contributed by atoms with Crippen LogP contribution in [0.4, 0.5) is 0 Å². The topological polar surface area (TPSA) is 46.6 Å². The summed E-state index contributed by atoms with van der Waals surface area (Å²) in [4.78, 5) is 26.1. The van der Waals surface area contributed by atoms with E-state index in [4.69, 9.17) is 4.74 Å². The van der Waals surface area contributed by atoms with Crippen molar-refractivity contribution in [3.8, 4) is 0 Å². The molecule has 2 atom stereocenters. The number of rotatable bonds is 4. The number of hydrogen-bond acceptors (Lipinski definition) is 4. The Hall–Kier alpha value is -0.710. The monoisotopic (exact) mass is 285 g/mol. The summed E-state index contributed by atoms with van der Waals surface area (Å²) in [5.41, 5.74) is 0. The van der Waals surface area contributed by atoms with Crippen LogP contribution in [0.1, 0.15) is 45.4 Å². The second-order valence-corrected chi connectivity index (χ2v) is 5.98. The molecule has 4 nitrogen and oxygen atoms in total. The summed E-state index contributed by atoms with van der Waals surface area (Å²) in [6, 6.07) is -0.365. The maximum absolute atomic E-state index is 12.2. The van der Waals surface area contributed by atoms with Crippen LogP contribution in [0.15, 0.2) is 0 Å². The SMILES string of the molecule is C[C@H](CS)C(=O)N1CCC[C@H]1C(=O)OC1CCCC1. The minimum absolute atomic E-state index is 0.0286. The molecule has 0 aromatic carbocycles. The fourth-order valence-electron chi connectivity index (χ4n) is 2.89. The van der Waals surface area contributed by atoms with Gasteiger partial charge in [0.2, 0.25) is 5.91 Å². The highest BCUT2D eigenvalue weighted by atomic mass is 32.1. The van der Waals surface area contributed by atoms with Crippen LogP contribution in [0, 0.1) is 5.92 Å². The molecule has 0 radical (unpaired) electrons. The van der Waals surface area contributed by atoms with Gasteiger partial charge in [-0.3, -0.25) is 4.79 Å². The maximum atomic E-state index is 12.2. The third-order valence-electron chi connectivity index (χ3n) is 4.09. The van der Waals surface area contributed by atoms with E-state index in [2.05, 4.69) is 12.6 Å². The van der Waals surface area contributed by atoms with Gasteiger partial charge in [0.1, 0.15) is 12.1 Å². The van der Waals surface area contributed by atoms with Crippen LogP contribution in [-0.4, -0.2) is 41.2 Å². The van der Waals surface area contributed by atoms with Gasteiger partial charge in [0, 0.05) is 18.2 Å². The Morgan fingerprint density at radius 2 is 1.95 bits per heavy atom. The average Bonchev–Trinajstić information content (AvgIpc) is 3.07. The van der Waals surface area contributed by atoms with E-state index < -0.39 is 0 Å². The highest BCUT2D eigenvalue weighted by Gasteiger charge is 2.37. The third-order valence-corrected chi connectivity index (χ3v) is 4.64. The molecule has 0 N–H and O–H groups in total. The molecule has 108 valence electrons. The van der Waals surface area contributed by atoms with Crippen molar-refractivity contribution >= 4 is 24.5 Å². The zero-order chi connectivity index (χ0) is 13.8. The standard InChI is InChI=1S/C14H23NO3S/c1-10(9-19)13(16)15-8-4-7-12(15)14(17)18-11-5-2-3-6-11/h10-12,19H,2-9H2,1H3/t10-,12+/m1/s1. The number of likely N-dealkylation sites (tertiary alicyclic amines) is 1. The second-order valence-electron chi connectivity index (χ2n) is 5.62. The molecule has 0 aromatic heterocycles. The van der Waals surface area contributed by atoms with Gasteiger partial charge >= 0.3 is 5.97 Å². The molecule has 2 rings (SSSR count). The molecule has 1 saturated heterocycles. The fourth-order valence-corrected chi connectivity index (χ4v) is 3.04. The lowest BCUT2D eigenvalue weighted by Crippen LogP contribution is -2.44. The van der Waals surface area contributed by atoms with E-state index in [1.54, 1.807) is 4.90 Å². The number of nitrogens with zero attached hydrogens (tertiary/aromatic N) is 1.